The molecule has 0 unspecified atom stereocenters. The lowest BCUT2D eigenvalue weighted by molar-refractivity contribution is 0.473. The van der Waals surface area contributed by atoms with Gasteiger partial charge in [0.1, 0.15) is 5.75 Å². The number of aromatic nitrogens is 4. The third-order valence-electron chi connectivity index (χ3n) is 1.61. The highest BCUT2D eigenvalue weighted by molar-refractivity contribution is 14.1. The van der Waals surface area contributed by atoms with Gasteiger partial charge in [-0.25, -0.2) is 0 Å². The molecule has 0 saturated carbocycles. The molecular weight excluding hydrogens is 410 g/mol. The van der Waals surface area contributed by atoms with Gasteiger partial charge in [-0.2, -0.15) is 5.21 Å². The van der Waals surface area contributed by atoms with Crippen molar-refractivity contribution in [2.45, 2.75) is 0 Å². The zero-order chi connectivity index (χ0) is 10.1. The van der Waals surface area contributed by atoms with Crippen molar-refractivity contribution >= 4 is 45.2 Å². The van der Waals surface area contributed by atoms with E-state index in [1.165, 1.54) is 0 Å². The topological polar surface area (TPSA) is 74.7 Å². The van der Waals surface area contributed by atoms with E-state index in [1.807, 2.05) is 12.1 Å². The van der Waals surface area contributed by atoms with Crippen LogP contribution in [0.25, 0.3) is 11.4 Å². The molecule has 1 aromatic carbocycles. The highest BCUT2D eigenvalue weighted by Gasteiger charge is 2.12. The Morgan fingerprint density at radius 2 is 2.07 bits per heavy atom. The Labute approximate surface area is 107 Å². The van der Waals surface area contributed by atoms with Gasteiger partial charge in [0.2, 0.25) is 5.82 Å². The van der Waals surface area contributed by atoms with Crippen molar-refractivity contribution in [3.63, 3.8) is 0 Å². The molecule has 2 aromatic rings. The van der Waals surface area contributed by atoms with Crippen molar-refractivity contribution in [2.24, 2.45) is 0 Å². The van der Waals surface area contributed by atoms with Crippen LogP contribution in [0.2, 0.25) is 0 Å². The van der Waals surface area contributed by atoms with Crippen LogP contribution in [0.4, 0.5) is 0 Å². The number of nitrogens with zero attached hydrogens (tertiary/aromatic N) is 3. The number of H-pyrrole nitrogens is 1. The molecule has 0 saturated heterocycles. The number of halogens is 2. The molecule has 72 valence electrons. The molecule has 0 amide bonds. The third-order valence-corrected chi connectivity index (χ3v) is 3.06. The maximum Gasteiger partial charge on any atom is 0.208 e. The quantitative estimate of drug-likeness (QED) is 0.699. The van der Waals surface area contributed by atoms with Crippen LogP contribution in [-0.2, 0) is 0 Å². The molecule has 0 spiro atoms. The minimum atomic E-state index is 0.187. The zero-order valence-corrected chi connectivity index (χ0v) is 11.0. The molecule has 0 aliphatic rings. The summed E-state index contributed by atoms with van der Waals surface area (Å²) >= 11 is 4.23. The molecule has 0 aliphatic carbocycles. The van der Waals surface area contributed by atoms with E-state index in [0.29, 0.717) is 11.4 Å². The first kappa shape index (κ1) is 10.1. The lowest BCUT2D eigenvalue weighted by Crippen LogP contribution is -1.87. The fourth-order valence-corrected chi connectivity index (χ4v) is 2.86. The van der Waals surface area contributed by atoms with E-state index in [9.17, 15) is 5.11 Å². The number of nitrogens with one attached hydrogen (secondary N) is 1. The number of benzene rings is 1. The van der Waals surface area contributed by atoms with Gasteiger partial charge >= 0.3 is 0 Å². The highest BCUT2D eigenvalue weighted by atomic mass is 127. The van der Waals surface area contributed by atoms with E-state index >= 15 is 0 Å². The highest BCUT2D eigenvalue weighted by Crippen LogP contribution is 2.32. The summed E-state index contributed by atoms with van der Waals surface area (Å²) in [6, 6.07) is 3.68. The summed E-state index contributed by atoms with van der Waals surface area (Å²) in [7, 11) is 0. The Bertz CT molecular complexity index is 457. The maximum absolute atomic E-state index is 9.76. The number of aromatic hydroxyl groups is 1. The normalized spacial score (nSPS) is 10.4. The van der Waals surface area contributed by atoms with E-state index in [2.05, 4.69) is 65.8 Å². The summed E-state index contributed by atoms with van der Waals surface area (Å²) < 4.78 is 1.79. The Balaban J connectivity index is 2.64. The van der Waals surface area contributed by atoms with E-state index in [0.717, 1.165) is 7.14 Å². The minimum Gasteiger partial charge on any atom is -0.506 e. The molecule has 1 aromatic heterocycles. The molecule has 0 radical (unpaired) electrons. The molecule has 14 heavy (non-hydrogen) atoms. The van der Waals surface area contributed by atoms with Crippen molar-refractivity contribution in [2.75, 3.05) is 0 Å². The lowest BCUT2D eigenvalue weighted by Gasteiger charge is -2.02. The summed E-state index contributed by atoms with van der Waals surface area (Å²) in [5, 5.41) is 23.2. The lowest BCUT2D eigenvalue weighted by atomic mass is 10.2. The van der Waals surface area contributed by atoms with Crippen LogP contribution < -0.4 is 0 Å². The Hall–Kier alpha value is -0.450. The predicted octanol–water partition coefficient (Wildman–Crippen LogP) is 1.78. The molecule has 2 N–H and O–H groups in total. The van der Waals surface area contributed by atoms with Gasteiger partial charge in [-0.05, 0) is 62.5 Å². The molecular formula is C7H4I2N4O. The van der Waals surface area contributed by atoms with Crippen molar-refractivity contribution in [1.29, 1.82) is 0 Å². The van der Waals surface area contributed by atoms with Crippen LogP contribution in [0.1, 0.15) is 0 Å². The molecule has 0 aliphatic heterocycles. The minimum absolute atomic E-state index is 0.187. The molecule has 7 heteroatoms. The third kappa shape index (κ3) is 1.82. The van der Waals surface area contributed by atoms with Crippen LogP contribution in [0.15, 0.2) is 12.1 Å². The number of phenolic OH excluding ortho intramolecular Hbond substituents is 1. The summed E-state index contributed by atoms with van der Waals surface area (Å²) in [6.45, 7) is 0. The van der Waals surface area contributed by atoms with E-state index in [1.54, 1.807) is 0 Å². The maximum atomic E-state index is 9.76. The number of hydrogen-bond donors (Lipinski definition) is 2. The standard InChI is InChI=1S/C7H4I2N4O/c8-3-1-4(6(14)5(9)2-3)7-10-12-13-11-7/h1-2,14H,(H,10,11,12,13). The first-order valence-electron chi connectivity index (χ1n) is 3.60. The van der Waals surface area contributed by atoms with Crippen molar-refractivity contribution in [3.05, 3.63) is 19.3 Å². The van der Waals surface area contributed by atoms with Gasteiger partial charge < -0.3 is 5.11 Å². The number of aromatic amines is 1. The van der Waals surface area contributed by atoms with E-state index in [4.69, 9.17) is 0 Å². The Morgan fingerprint density at radius 3 is 2.71 bits per heavy atom. The Morgan fingerprint density at radius 1 is 1.29 bits per heavy atom. The molecule has 2 rings (SSSR count). The van der Waals surface area contributed by atoms with Crippen LogP contribution in [0.3, 0.4) is 0 Å². The summed E-state index contributed by atoms with van der Waals surface area (Å²) in [6.07, 6.45) is 0. The molecule has 0 atom stereocenters. The average molecular weight is 414 g/mol. The number of rotatable bonds is 1. The van der Waals surface area contributed by atoms with Gasteiger partial charge in [0, 0.05) is 3.57 Å². The predicted molar refractivity (Wildman–Crippen MR) is 66.7 cm³/mol. The second kappa shape index (κ2) is 3.96. The number of phenols is 1. The first-order chi connectivity index (χ1) is 6.68. The van der Waals surface area contributed by atoms with Gasteiger partial charge in [-0.3, -0.25) is 0 Å². The second-order valence-corrected chi connectivity index (χ2v) is 4.93. The van der Waals surface area contributed by atoms with E-state index in [-0.39, 0.29) is 5.75 Å². The van der Waals surface area contributed by atoms with Crippen molar-refractivity contribution in [3.8, 4) is 17.1 Å². The molecule has 1 heterocycles. The molecule has 0 bridgehead atoms. The molecule has 0 fully saturated rings. The van der Waals surface area contributed by atoms with Crippen molar-refractivity contribution in [1.82, 2.24) is 20.6 Å². The summed E-state index contributed by atoms with van der Waals surface area (Å²) in [5.41, 5.74) is 0.593. The van der Waals surface area contributed by atoms with Crippen LogP contribution in [0, 0.1) is 7.14 Å². The number of tetrazole rings is 1. The first-order valence-corrected chi connectivity index (χ1v) is 5.76. The molecule has 5 nitrogen and oxygen atoms in total. The van der Waals surface area contributed by atoms with Crippen LogP contribution in [-0.4, -0.2) is 25.7 Å². The van der Waals surface area contributed by atoms with Gasteiger partial charge in [-0.1, -0.05) is 0 Å². The van der Waals surface area contributed by atoms with E-state index < -0.39 is 0 Å². The van der Waals surface area contributed by atoms with Crippen LogP contribution in [0.5, 0.6) is 5.75 Å². The van der Waals surface area contributed by atoms with Gasteiger partial charge in [-0.15, -0.1) is 10.2 Å². The SMILES string of the molecule is Oc1c(I)cc(I)cc1-c1nn[nH]n1. The summed E-state index contributed by atoms with van der Waals surface area (Å²) in [4.78, 5) is 0. The number of hydrogen-bond acceptors (Lipinski definition) is 4. The van der Waals surface area contributed by atoms with Gasteiger partial charge in [0.05, 0.1) is 9.13 Å². The second-order valence-electron chi connectivity index (χ2n) is 2.52. The fourth-order valence-electron chi connectivity index (χ4n) is 1.01. The monoisotopic (exact) mass is 414 g/mol. The average Bonchev–Trinajstić information content (AvgIpc) is 2.63. The van der Waals surface area contributed by atoms with Gasteiger partial charge in [0.25, 0.3) is 0 Å². The Kier molecular flexibility index (Phi) is 2.85. The largest absolute Gasteiger partial charge is 0.506 e. The smallest absolute Gasteiger partial charge is 0.208 e. The van der Waals surface area contributed by atoms with Gasteiger partial charge in [0.15, 0.2) is 0 Å². The summed E-state index contributed by atoms with van der Waals surface area (Å²) in [5.74, 6) is 0.589. The van der Waals surface area contributed by atoms with Crippen molar-refractivity contribution < 1.29 is 5.11 Å². The fraction of sp³-hybridized carbons (Fsp3) is 0. The zero-order valence-electron chi connectivity index (χ0n) is 6.70. The van der Waals surface area contributed by atoms with Crippen LogP contribution >= 0.6 is 45.2 Å².